The molecule has 14 heavy (non-hydrogen) atoms. The Labute approximate surface area is 86.3 Å². The summed E-state index contributed by atoms with van der Waals surface area (Å²) in [6.07, 6.45) is 0. The molecular formula is C14H18-2. The van der Waals surface area contributed by atoms with E-state index in [4.69, 9.17) is 0 Å². The van der Waals surface area contributed by atoms with Crippen LogP contribution in [0.5, 0.6) is 0 Å². The molecule has 76 valence electrons. The molecule has 0 N–H and O–H groups in total. The van der Waals surface area contributed by atoms with E-state index in [-0.39, 0.29) is 0 Å². The zero-order valence-electron chi connectivity index (χ0n) is 10.0. The van der Waals surface area contributed by atoms with Crippen LogP contribution in [0.4, 0.5) is 0 Å². The van der Waals surface area contributed by atoms with E-state index in [0.717, 1.165) is 0 Å². The second kappa shape index (κ2) is 2.73. The predicted molar refractivity (Wildman–Crippen MR) is 63.6 cm³/mol. The SMILES string of the molecule is Cc1c(C)[c-](C)c2c1c(C)c(C)[c-]2C. The Balaban J connectivity index is 3.08. The quantitative estimate of drug-likeness (QED) is 0.543. The van der Waals surface area contributed by atoms with E-state index < -0.39 is 0 Å². The maximum absolute atomic E-state index is 2.25. The van der Waals surface area contributed by atoms with Crippen LogP contribution in [0.3, 0.4) is 0 Å². The molecule has 0 heteroatoms. The Morgan fingerprint density at radius 3 is 1.36 bits per heavy atom. The molecule has 2 aromatic rings. The predicted octanol–water partition coefficient (Wildman–Crippen LogP) is 4.13. The molecule has 0 nitrogen and oxygen atoms in total. The minimum atomic E-state index is 1.47. The second-order valence-corrected chi connectivity index (χ2v) is 4.50. The molecule has 0 aliphatic rings. The van der Waals surface area contributed by atoms with Gasteiger partial charge in [-0.3, -0.25) is 16.3 Å². The summed E-state index contributed by atoms with van der Waals surface area (Å²) in [6, 6.07) is 0. The molecule has 0 spiro atoms. The van der Waals surface area contributed by atoms with Crippen molar-refractivity contribution in [1.82, 2.24) is 0 Å². The summed E-state index contributed by atoms with van der Waals surface area (Å²) in [5.74, 6) is 0. The van der Waals surface area contributed by atoms with E-state index in [2.05, 4.69) is 41.5 Å². The monoisotopic (exact) mass is 186 g/mol. The first-order valence-electron chi connectivity index (χ1n) is 5.25. The van der Waals surface area contributed by atoms with Gasteiger partial charge in [0, 0.05) is 0 Å². The van der Waals surface area contributed by atoms with Crippen molar-refractivity contribution in [2.24, 2.45) is 0 Å². The molecule has 2 aromatic carbocycles. The zero-order chi connectivity index (χ0) is 10.6. The fourth-order valence-corrected chi connectivity index (χ4v) is 2.62. The Bertz CT molecular complexity index is 417. The van der Waals surface area contributed by atoms with Crippen LogP contribution < -0.4 is 0 Å². The van der Waals surface area contributed by atoms with Crippen LogP contribution in [0.25, 0.3) is 10.8 Å². The van der Waals surface area contributed by atoms with Crippen molar-refractivity contribution in [3.05, 3.63) is 33.4 Å². The van der Waals surface area contributed by atoms with Gasteiger partial charge in [-0.2, -0.15) is 5.56 Å². The lowest BCUT2D eigenvalue weighted by molar-refractivity contribution is 1.31. The van der Waals surface area contributed by atoms with Crippen LogP contribution in [0.1, 0.15) is 33.4 Å². The molecule has 0 unspecified atom stereocenters. The molecule has 0 saturated heterocycles. The van der Waals surface area contributed by atoms with Gasteiger partial charge in [0.25, 0.3) is 0 Å². The normalized spacial score (nSPS) is 11.6. The van der Waals surface area contributed by atoms with Crippen molar-refractivity contribution in [2.75, 3.05) is 0 Å². The average Bonchev–Trinajstić information content (AvgIpc) is 2.51. The lowest BCUT2D eigenvalue weighted by atomic mass is 10.1. The van der Waals surface area contributed by atoms with Crippen molar-refractivity contribution < 1.29 is 0 Å². The van der Waals surface area contributed by atoms with Crippen LogP contribution >= 0.6 is 0 Å². The molecule has 0 fully saturated rings. The summed E-state index contributed by atoms with van der Waals surface area (Å²) in [7, 11) is 0. The van der Waals surface area contributed by atoms with Gasteiger partial charge in [0.2, 0.25) is 0 Å². The van der Waals surface area contributed by atoms with E-state index >= 15 is 0 Å². The maximum atomic E-state index is 2.25. The minimum Gasteiger partial charge on any atom is -0.275 e. The second-order valence-electron chi connectivity index (χ2n) is 4.50. The zero-order valence-corrected chi connectivity index (χ0v) is 10.0. The highest BCUT2D eigenvalue weighted by Gasteiger charge is 2.00. The Kier molecular flexibility index (Phi) is 1.85. The maximum Gasteiger partial charge on any atom is -0.0577 e. The van der Waals surface area contributed by atoms with Gasteiger partial charge in [-0.15, -0.1) is 26.3 Å². The summed E-state index contributed by atoms with van der Waals surface area (Å²) in [4.78, 5) is 0. The van der Waals surface area contributed by atoms with E-state index in [0.29, 0.717) is 0 Å². The van der Waals surface area contributed by atoms with Gasteiger partial charge in [-0.1, -0.05) is 20.8 Å². The minimum absolute atomic E-state index is 1.47. The third-order valence-electron chi connectivity index (χ3n) is 4.00. The molecule has 0 aliphatic heterocycles. The highest BCUT2D eigenvalue weighted by atomic mass is 14.2. The third-order valence-corrected chi connectivity index (χ3v) is 4.00. The molecule has 0 aliphatic carbocycles. The number of fused-ring (bicyclic) bond motifs is 1. The van der Waals surface area contributed by atoms with Crippen LogP contribution in [0, 0.1) is 41.5 Å². The van der Waals surface area contributed by atoms with Gasteiger partial charge in [-0.05, 0) is 0 Å². The van der Waals surface area contributed by atoms with Crippen LogP contribution in [-0.2, 0) is 0 Å². The van der Waals surface area contributed by atoms with Gasteiger partial charge >= 0.3 is 0 Å². The van der Waals surface area contributed by atoms with Gasteiger partial charge in [-0.25, -0.2) is 16.7 Å². The molecule has 0 amide bonds. The standard InChI is InChI=1S/C14H18/c1-7-9(3)13-11(5)8(2)12(6)14(13)10(7)4/h1-6H3/q-2. The average molecular weight is 186 g/mol. The molecule has 0 heterocycles. The summed E-state index contributed by atoms with van der Waals surface area (Å²) in [5.41, 5.74) is 8.86. The van der Waals surface area contributed by atoms with E-state index in [1.807, 2.05) is 0 Å². The van der Waals surface area contributed by atoms with Crippen molar-refractivity contribution >= 4 is 10.8 Å². The van der Waals surface area contributed by atoms with Gasteiger partial charge in [0.05, 0.1) is 0 Å². The first-order chi connectivity index (χ1) is 6.46. The fourth-order valence-electron chi connectivity index (χ4n) is 2.62. The molecule has 0 saturated carbocycles. The molecular weight excluding hydrogens is 168 g/mol. The first kappa shape index (κ1) is 9.51. The Hall–Kier alpha value is -1.04. The highest BCUT2D eigenvalue weighted by Crippen LogP contribution is 2.38. The molecule has 0 radical (unpaired) electrons. The molecule has 0 atom stereocenters. The van der Waals surface area contributed by atoms with Gasteiger partial charge in [0.15, 0.2) is 0 Å². The number of hydrogen-bond donors (Lipinski definition) is 0. The Morgan fingerprint density at radius 2 is 1.07 bits per heavy atom. The lowest BCUT2D eigenvalue weighted by Crippen LogP contribution is -1.80. The summed E-state index contributed by atoms with van der Waals surface area (Å²) >= 11 is 0. The molecule has 2 rings (SSSR count). The molecule has 0 bridgehead atoms. The van der Waals surface area contributed by atoms with Gasteiger partial charge in [0.1, 0.15) is 0 Å². The van der Waals surface area contributed by atoms with Crippen molar-refractivity contribution in [3.63, 3.8) is 0 Å². The first-order valence-corrected chi connectivity index (χ1v) is 5.25. The third kappa shape index (κ3) is 0.890. The summed E-state index contributed by atoms with van der Waals surface area (Å²) < 4.78 is 0. The van der Waals surface area contributed by atoms with Crippen molar-refractivity contribution in [1.29, 1.82) is 0 Å². The van der Waals surface area contributed by atoms with Crippen molar-refractivity contribution in [2.45, 2.75) is 41.5 Å². The van der Waals surface area contributed by atoms with E-state index in [9.17, 15) is 0 Å². The van der Waals surface area contributed by atoms with E-state index in [1.165, 1.54) is 44.2 Å². The van der Waals surface area contributed by atoms with E-state index in [1.54, 1.807) is 0 Å². The Morgan fingerprint density at radius 1 is 0.714 bits per heavy atom. The number of aryl methyl sites for hydroxylation is 4. The summed E-state index contributed by atoms with van der Waals surface area (Å²) in [5, 5.41) is 3.02. The highest BCUT2D eigenvalue weighted by molar-refractivity contribution is 6.00. The smallest absolute Gasteiger partial charge is 0.0577 e. The number of rotatable bonds is 0. The molecule has 0 aromatic heterocycles. The number of hydrogen-bond acceptors (Lipinski definition) is 0. The van der Waals surface area contributed by atoms with Crippen molar-refractivity contribution in [3.8, 4) is 0 Å². The lowest BCUT2D eigenvalue weighted by Gasteiger charge is -2.13. The topological polar surface area (TPSA) is 0 Å². The van der Waals surface area contributed by atoms with Crippen LogP contribution in [0.15, 0.2) is 0 Å². The van der Waals surface area contributed by atoms with Crippen LogP contribution in [0.2, 0.25) is 0 Å². The van der Waals surface area contributed by atoms with Gasteiger partial charge < -0.3 is 0 Å². The summed E-state index contributed by atoms with van der Waals surface area (Å²) in [6.45, 7) is 13.5. The fraction of sp³-hybridized carbons (Fsp3) is 0.429. The van der Waals surface area contributed by atoms with Crippen LogP contribution in [-0.4, -0.2) is 0 Å². The largest absolute Gasteiger partial charge is 0.275 e.